The summed E-state index contributed by atoms with van der Waals surface area (Å²) in [5, 5.41) is 27.7. The predicted molar refractivity (Wildman–Crippen MR) is 174 cm³/mol. The number of carbonyl (C=O) groups is 1. The van der Waals surface area contributed by atoms with Crippen LogP contribution in [-0.4, -0.2) is 65.4 Å². The Bertz CT molecular complexity index is 2030. The van der Waals surface area contributed by atoms with Gasteiger partial charge in [-0.1, -0.05) is 17.7 Å². The number of amides is 1. The summed E-state index contributed by atoms with van der Waals surface area (Å²) < 4.78 is 7.48. The van der Waals surface area contributed by atoms with E-state index in [4.69, 9.17) is 16.3 Å². The van der Waals surface area contributed by atoms with Gasteiger partial charge in [0.15, 0.2) is 11.8 Å². The summed E-state index contributed by atoms with van der Waals surface area (Å²) in [4.78, 5) is 44.6. The topological polar surface area (TPSA) is 187 Å². The van der Waals surface area contributed by atoms with Crippen LogP contribution >= 0.6 is 11.6 Å². The molecule has 1 amide bonds. The third-order valence-corrected chi connectivity index (χ3v) is 7.28. The van der Waals surface area contributed by atoms with Crippen LogP contribution in [0.5, 0.6) is 5.75 Å². The molecular weight excluding hydrogens is 706 g/mol. The van der Waals surface area contributed by atoms with Crippen LogP contribution in [0.1, 0.15) is 17.2 Å². The molecule has 0 saturated heterocycles. The molecule has 0 fully saturated rings. The molecule has 15 nitrogen and oxygen atoms in total. The number of ether oxygens (including phenoxy) is 1. The van der Waals surface area contributed by atoms with Crippen molar-refractivity contribution in [2.45, 2.75) is 13.2 Å². The van der Waals surface area contributed by atoms with Crippen LogP contribution in [0.15, 0.2) is 73.3 Å². The van der Waals surface area contributed by atoms with Gasteiger partial charge in [-0.05, 0) is 52.4 Å². The zero-order valence-corrected chi connectivity index (χ0v) is 28.3. The molecule has 0 saturated carbocycles. The molecule has 0 atom stereocenters. The maximum atomic E-state index is 12.8. The number of fused-ring (bicyclic) bond motifs is 1. The number of rotatable bonds is 12. The van der Waals surface area contributed by atoms with Gasteiger partial charge in [0, 0.05) is 30.4 Å². The minimum atomic E-state index is -0.603. The van der Waals surface area contributed by atoms with Crippen molar-refractivity contribution in [1.29, 1.82) is 5.26 Å². The third-order valence-electron chi connectivity index (χ3n) is 6.98. The number of nitriles is 1. The largest absolute Gasteiger partial charge is 1.00 e. The van der Waals surface area contributed by atoms with E-state index in [1.165, 1.54) is 23.2 Å². The highest BCUT2D eigenvalue weighted by Gasteiger charge is 2.30. The SMILES string of the molecule is Cn1c(C#N)nc([N+](=O)[O-])c1C[N+](C)(C)C/C=C/C(=O)Nc1cc2c(Nc3ccc(OCc4ccccn4)c(Cl)c3)ncnc2cn1.[Br-]. The van der Waals surface area contributed by atoms with Gasteiger partial charge in [-0.3, -0.25) is 14.3 Å². The van der Waals surface area contributed by atoms with Crippen molar-refractivity contribution in [3.8, 4) is 11.8 Å². The Morgan fingerprint density at radius 2 is 2.00 bits per heavy atom. The maximum Gasteiger partial charge on any atom is 0.392 e. The molecule has 48 heavy (non-hydrogen) atoms. The highest BCUT2D eigenvalue weighted by Crippen LogP contribution is 2.31. The monoisotopic (exact) mass is 733 g/mol. The second-order valence-electron chi connectivity index (χ2n) is 11.0. The van der Waals surface area contributed by atoms with E-state index in [0.717, 1.165) is 5.69 Å². The lowest BCUT2D eigenvalue weighted by Crippen LogP contribution is -3.00. The van der Waals surface area contributed by atoms with Crippen LogP contribution in [0.2, 0.25) is 5.02 Å². The maximum absolute atomic E-state index is 12.8. The van der Waals surface area contributed by atoms with E-state index < -0.39 is 10.8 Å². The number of quaternary nitrogens is 1. The van der Waals surface area contributed by atoms with Gasteiger partial charge < -0.3 is 46.9 Å². The summed E-state index contributed by atoms with van der Waals surface area (Å²) in [7, 11) is 5.26. The van der Waals surface area contributed by atoms with Crippen molar-refractivity contribution in [2.75, 3.05) is 31.3 Å². The molecular formula is C31H29BrClN11O4. The van der Waals surface area contributed by atoms with Gasteiger partial charge in [-0.25, -0.2) is 15.0 Å². The number of imidazole rings is 1. The van der Waals surface area contributed by atoms with Crippen molar-refractivity contribution in [1.82, 2.24) is 29.5 Å². The Morgan fingerprint density at radius 3 is 2.71 bits per heavy atom. The number of aromatic nitrogens is 6. The number of carbonyl (C=O) groups excluding carboxylic acids is 1. The normalized spacial score (nSPS) is 11.1. The molecule has 17 heteroatoms. The van der Waals surface area contributed by atoms with E-state index in [0.29, 0.717) is 45.4 Å². The summed E-state index contributed by atoms with van der Waals surface area (Å²) in [6.45, 7) is 0.847. The lowest BCUT2D eigenvalue weighted by molar-refractivity contribution is -0.898. The van der Waals surface area contributed by atoms with Gasteiger partial charge in [0.05, 0.1) is 43.1 Å². The number of benzene rings is 1. The van der Waals surface area contributed by atoms with Crippen molar-refractivity contribution >= 4 is 51.6 Å². The van der Waals surface area contributed by atoms with Crippen LogP contribution in [-0.2, 0) is 25.0 Å². The number of nitro groups is 1. The third kappa shape index (κ3) is 8.64. The Hall–Kier alpha value is -5.50. The molecule has 4 aromatic heterocycles. The average molecular weight is 735 g/mol. The molecule has 5 aromatic rings. The van der Waals surface area contributed by atoms with Crippen LogP contribution in [0, 0.1) is 21.4 Å². The fraction of sp³-hybridized carbons (Fsp3) is 0.194. The molecule has 1 aromatic carbocycles. The molecule has 0 unspecified atom stereocenters. The minimum Gasteiger partial charge on any atom is -1.00 e. The summed E-state index contributed by atoms with van der Waals surface area (Å²) >= 11 is 6.48. The number of hydrogen-bond donors (Lipinski definition) is 2. The van der Waals surface area contributed by atoms with Crippen LogP contribution < -0.4 is 32.4 Å². The smallest absolute Gasteiger partial charge is 0.392 e. The van der Waals surface area contributed by atoms with Crippen LogP contribution in [0.4, 0.5) is 23.1 Å². The molecule has 5 rings (SSSR count). The molecule has 0 bridgehead atoms. The number of hydrogen-bond acceptors (Lipinski definition) is 11. The first kappa shape index (κ1) is 35.4. The number of nitrogens with one attached hydrogen (secondary N) is 2. The Balaban J connectivity index is 0.00000520. The van der Waals surface area contributed by atoms with Gasteiger partial charge in [-0.2, -0.15) is 5.26 Å². The molecule has 4 heterocycles. The zero-order chi connectivity index (χ0) is 33.6. The van der Waals surface area contributed by atoms with Crippen molar-refractivity contribution < 1.29 is 35.9 Å². The predicted octanol–water partition coefficient (Wildman–Crippen LogP) is 1.68. The Kier molecular flexibility index (Phi) is 11.3. The quantitative estimate of drug-likeness (QED) is 0.0822. The van der Waals surface area contributed by atoms with Gasteiger partial charge in [-0.15, -0.1) is 0 Å². The highest BCUT2D eigenvalue weighted by atomic mass is 79.9. The Labute approximate surface area is 290 Å². The minimum absolute atomic E-state index is 0. The van der Waals surface area contributed by atoms with E-state index in [9.17, 15) is 20.2 Å². The van der Waals surface area contributed by atoms with E-state index in [-0.39, 0.29) is 52.1 Å². The second kappa shape index (κ2) is 15.4. The summed E-state index contributed by atoms with van der Waals surface area (Å²) in [6, 6.07) is 14.4. The van der Waals surface area contributed by atoms with E-state index in [1.54, 1.807) is 43.6 Å². The second-order valence-corrected chi connectivity index (χ2v) is 11.4. The number of anilines is 3. The summed E-state index contributed by atoms with van der Waals surface area (Å²) in [5.41, 5.74) is 2.30. The Morgan fingerprint density at radius 1 is 1.19 bits per heavy atom. The van der Waals surface area contributed by atoms with Gasteiger partial charge in [0.1, 0.15) is 36.9 Å². The molecule has 0 aliphatic carbocycles. The van der Waals surface area contributed by atoms with Gasteiger partial charge in [0.2, 0.25) is 5.91 Å². The molecule has 0 aliphatic heterocycles. The number of nitrogens with zero attached hydrogens (tertiary/aromatic N) is 9. The molecule has 0 aliphatic rings. The van der Waals surface area contributed by atoms with E-state index >= 15 is 0 Å². The molecule has 0 spiro atoms. The van der Waals surface area contributed by atoms with Crippen LogP contribution in [0.25, 0.3) is 10.9 Å². The van der Waals surface area contributed by atoms with E-state index in [1.807, 2.05) is 38.4 Å². The number of likely N-dealkylation sites (N-methyl/N-ethyl adjacent to an activating group) is 1. The molecule has 2 N–H and O–H groups in total. The standard InChI is InChI=1S/C31H28ClN11O4.BrH/c1-41-25(31(42(45)46)40-28(41)15-33)17-43(2,3)12-6-8-29(44)39-27-14-22-24(16-35-27)36-19-37-30(22)38-20-9-10-26(23(32)13-20)47-18-21-7-4-5-11-34-21;/h4-11,13-14,16,19H,12,17-18H2,1-3H3,(H-,35,36,37,38,39,44);1H/b8-6+;. The highest BCUT2D eigenvalue weighted by molar-refractivity contribution is 6.32. The average Bonchev–Trinajstić information content (AvgIpc) is 3.35. The number of halogens is 2. The fourth-order valence-corrected chi connectivity index (χ4v) is 4.85. The fourth-order valence-electron chi connectivity index (χ4n) is 4.62. The van der Waals surface area contributed by atoms with Crippen molar-refractivity contribution in [3.63, 3.8) is 0 Å². The van der Waals surface area contributed by atoms with Gasteiger partial charge in [0.25, 0.3) is 0 Å². The van der Waals surface area contributed by atoms with E-state index in [2.05, 4.69) is 35.6 Å². The first-order valence-electron chi connectivity index (χ1n) is 14.1. The number of pyridine rings is 2. The molecule has 246 valence electrons. The summed E-state index contributed by atoms with van der Waals surface area (Å²) in [6.07, 6.45) is 7.65. The van der Waals surface area contributed by atoms with Crippen molar-refractivity contribution in [2.24, 2.45) is 7.05 Å². The molecule has 0 radical (unpaired) electrons. The summed E-state index contributed by atoms with van der Waals surface area (Å²) in [5.74, 6) is 0.440. The van der Waals surface area contributed by atoms with Crippen LogP contribution in [0.3, 0.4) is 0 Å². The van der Waals surface area contributed by atoms with Crippen molar-refractivity contribution in [3.05, 3.63) is 106 Å². The lowest BCUT2D eigenvalue weighted by Gasteiger charge is -2.28. The zero-order valence-electron chi connectivity index (χ0n) is 26.0. The van der Waals surface area contributed by atoms with Gasteiger partial charge >= 0.3 is 11.6 Å². The first-order chi connectivity index (χ1) is 22.5. The lowest BCUT2D eigenvalue weighted by atomic mass is 10.2. The first-order valence-corrected chi connectivity index (χ1v) is 14.5.